The molecule has 16 heavy (non-hydrogen) atoms. The van der Waals surface area contributed by atoms with Crippen LogP contribution in [0.5, 0.6) is 0 Å². The Balaban J connectivity index is 2.23. The molecule has 0 saturated carbocycles. The van der Waals surface area contributed by atoms with Crippen molar-refractivity contribution in [3.63, 3.8) is 0 Å². The number of thioether (sulfide) groups is 1. The van der Waals surface area contributed by atoms with Gasteiger partial charge < -0.3 is 5.32 Å². The third-order valence-electron chi connectivity index (χ3n) is 3.07. The lowest BCUT2D eigenvalue weighted by Gasteiger charge is -2.37. The van der Waals surface area contributed by atoms with Gasteiger partial charge in [-0.3, -0.25) is 4.90 Å². The van der Waals surface area contributed by atoms with E-state index in [1.54, 1.807) is 0 Å². The van der Waals surface area contributed by atoms with Crippen LogP contribution in [0.2, 0.25) is 0 Å². The van der Waals surface area contributed by atoms with E-state index >= 15 is 0 Å². The first-order chi connectivity index (χ1) is 7.42. The highest BCUT2D eigenvalue weighted by atomic mass is 32.2. The van der Waals surface area contributed by atoms with E-state index in [-0.39, 0.29) is 17.5 Å². The van der Waals surface area contributed by atoms with Crippen molar-refractivity contribution in [2.45, 2.75) is 37.4 Å². The molecule has 1 rings (SSSR count). The van der Waals surface area contributed by atoms with Gasteiger partial charge in [0.2, 0.25) is 0 Å². The molecule has 2 nitrogen and oxygen atoms in total. The summed E-state index contributed by atoms with van der Waals surface area (Å²) in [7, 11) is 1.94. The number of hydrogen-bond donors (Lipinski definition) is 1. The van der Waals surface area contributed by atoms with Crippen LogP contribution in [0.15, 0.2) is 0 Å². The maximum atomic E-state index is 12.0. The van der Waals surface area contributed by atoms with Crippen molar-refractivity contribution in [2.24, 2.45) is 0 Å². The molecule has 1 aliphatic heterocycles. The molecule has 0 aromatic carbocycles. The number of nitrogens with zero attached hydrogens (tertiary/aromatic N) is 1. The fourth-order valence-corrected chi connectivity index (χ4v) is 2.65. The van der Waals surface area contributed by atoms with E-state index < -0.39 is 5.51 Å². The van der Waals surface area contributed by atoms with E-state index in [0.717, 1.165) is 19.4 Å². The Kier molecular flexibility index (Phi) is 5.40. The summed E-state index contributed by atoms with van der Waals surface area (Å²) in [5, 5.41) is 3.22. The van der Waals surface area contributed by atoms with Crippen LogP contribution in [-0.2, 0) is 0 Å². The van der Waals surface area contributed by atoms with Crippen LogP contribution >= 0.6 is 11.8 Å². The summed E-state index contributed by atoms with van der Waals surface area (Å²) in [4.78, 5) is 2.15. The van der Waals surface area contributed by atoms with Crippen molar-refractivity contribution in [1.82, 2.24) is 10.2 Å². The molecule has 2 atom stereocenters. The molecule has 6 heteroatoms. The number of nitrogens with one attached hydrogen (secondary N) is 1. The molecular weight excluding hydrogens is 237 g/mol. The van der Waals surface area contributed by atoms with Crippen LogP contribution in [0.4, 0.5) is 13.2 Å². The Morgan fingerprint density at radius 3 is 2.62 bits per heavy atom. The Bertz CT molecular complexity index is 211. The van der Waals surface area contributed by atoms with Gasteiger partial charge in [-0.05, 0) is 45.1 Å². The molecule has 2 unspecified atom stereocenters. The van der Waals surface area contributed by atoms with Crippen LogP contribution in [-0.4, -0.2) is 48.4 Å². The van der Waals surface area contributed by atoms with Crippen LogP contribution in [0, 0.1) is 0 Å². The SMILES string of the molecule is CNC1CCN(CCSC(F)(F)F)C(C)C1. The van der Waals surface area contributed by atoms with Crippen LogP contribution in [0.1, 0.15) is 19.8 Å². The van der Waals surface area contributed by atoms with Crippen molar-refractivity contribution in [1.29, 1.82) is 0 Å². The fourth-order valence-electron chi connectivity index (χ4n) is 2.09. The maximum Gasteiger partial charge on any atom is 0.441 e. The van der Waals surface area contributed by atoms with Gasteiger partial charge in [0.15, 0.2) is 0 Å². The average Bonchev–Trinajstić information content (AvgIpc) is 2.18. The van der Waals surface area contributed by atoms with Gasteiger partial charge in [0.05, 0.1) is 0 Å². The quantitative estimate of drug-likeness (QED) is 0.831. The number of rotatable bonds is 4. The molecule has 0 amide bonds. The summed E-state index contributed by atoms with van der Waals surface area (Å²) in [6, 6.07) is 0.890. The summed E-state index contributed by atoms with van der Waals surface area (Å²) in [5.41, 5.74) is -4.09. The second-order valence-corrected chi connectivity index (χ2v) is 5.35. The van der Waals surface area contributed by atoms with Gasteiger partial charge in [-0.25, -0.2) is 0 Å². The highest BCUT2D eigenvalue weighted by Crippen LogP contribution is 2.30. The molecule has 0 bridgehead atoms. The van der Waals surface area contributed by atoms with Crippen molar-refractivity contribution >= 4 is 11.8 Å². The smallest absolute Gasteiger partial charge is 0.317 e. The molecule has 0 radical (unpaired) electrons. The Morgan fingerprint density at radius 1 is 1.44 bits per heavy atom. The summed E-state index contributed by atoms with van der Waals surface area (Å²) in [6.07, 6.45) is 2.05. The van der Waals surface area contributed by atoms with Crippen LogP contribution in [0.3, 0.4) is 0 Å². The lowest BCUT2D eigenvalue weighted by Crippen LogP contribution is -2.47. The highest BCUT2D eigenvalue weighted by Gasteiger charge is 2.29. The zero-order chi connectivity index (χ0) is 12.2. The third-order valence-corrected chi connectivity index (χ3v) is 3.78. The summed E-state index contributed by atoms with van der Waals surface area (Å²) >= 11 is 0.0785. The number of hydrogen-bond acceptors (Lipinski definition) is 3. The van der Waals surface area contributed by atoms with Crippen molar-refractivity contribution < 1.29 is 13.2 Å². The minimum atomic E-state index is -4.09. The molecule has 1 saturated heterocycles. The van der Waals surface area contributed by atoms with Crippen LogP contribution in [0.25, 0.3) is 0 Å². The second-order valence-electron chi connectivity index (χ2n) is 4.19. The zero-order valence-corrected chi connectivity index (χ0v) is 10.5. The summed E-state index contributed by atoms with van der Waals surface area (Å²) < 4.78 is 35.9. The molecule has 0 aromatic rings. The van der Waals surface area contributed by atoms with E-state index in [4.69, 9.17) is 0 Å². The third kappa shape index (κ3) is 4.93. The van der Waals surface area contributed by atoms with E-state index in [0.29, 0.717) is 18.6 Å². The van der Waals surface area contributed by atoms with Gasteiger partial charge in [-0.1, -0.05) is 0 Å². The molecule has 96 valence electrons. The number of likely N-dealkylation sites (tertiary alicyclic amines) is 1. The molecule has 1 heterocycles. The Morgan fingerprint density at radius 2 is 2.12 bits per heavy atom. The standard InChI is InChI=1S/C10H19F3N2S/c1-8-7-9(14-2)3-4-15(8)5-6-16-10(11,12)13/h8-9,14H,3-7H2,1-2H3. The maximum absolute atomic E-state index is 12.0. The first-order valence-electron chi connectivity index (χ1n) is 5.54. The predicted octanol–water partition coefficient (Wildman–Crippen LogP) is 2.31. The topological polar surface area (TPSA) is 15.3 Å². The van der Waals surface area contributed by atoms with Crippen molar-refractivity contribution in [3.8, 4) is 0 Å². The first-order valence-corrected chi connectivity index (χ1v) is 6.53. The van der Waals surface area contributed by atoms with Gasteiger partial charge in [-0.15, -0.1) is 0 Å². The molecule has 1 N–H and O–H groups in total. The van der Waals surface area contributed by atoms with E-state index in [1.165, 1.54) is 0 Å². The van der Waals surface area contributed by atoms with Gasteiger partial charge >= 0.3 is 5.51 Å². The Hall–Kier alpha value is 0.0600. The normalized spacial score (nSPS) is 28.3. The fraction of sp³-hybridized carbons (Fsp3) is 1.00. The molecule has 1 fully saturated rings. The number of piperidine rings is 1. The monoisotopic (exact) mass is 256 g/mol. The van der Waals surface area contributed by atoms with E-state index in [1.807, 2.05) is 7.05 Å². The lowest BCUT2D eigenvalue weighted by molar-refractivity contribution is -0.0329. The van der Waals surface area contributed by atoms with Crippen LogP contribution < -0.4 is 5.32 Å². The largest absolute Gasteiger partial charge is 0.441 e. The summed E-state index contributed by atoms with van der Waals surface area (Å²) in [6.45, 7) is 3.51. The molecule has 0 spiro atoms. The Labute approximate surface area is 98.9 Å². The predicted molar refractivity (Wildman–Crippen MR) is 61.6 cm³/mol. The molecule has 0 aliphatic carbocycles. The number of halogens is 3. The minimum Gasteiger partial charge on any atom is -0.317 e. The molecule has 0 aromatic heterocycles. The van der Waals surface area contributed by atoms with E-state index in [9.17, 15) is 13.2 Å². The zero-order valence-electron chi connectivity index (χ0n) is 9.68. The first kappa shape index (κ1) is 14.1. The van der Waals surface area contributed by atoms with Crippen molar-refractivity contribution in [2.75, 3.05) is 25.9 Å². The van der Waals surface area contributed by atoms with Gasteiger partial charge in [-0.2, -0.15) is 13.2 Å². The van der Waals surface area contributed by atoms with E-state index in [2.05, 4.69) is 17.1 Å². The van der Waals surface area contributed by atoms with Gasteiger partial charge in [0.1, 0.15) is 0 Å². The second kappa shape index (κ2) is 6.12. The minimum absolute atomic E-state index is 0.0785. The summed E-state index contributed by atoms with van der Waals surface area (Å²) in [5.74, 6) is 0.137. The lowest BCUT2D eigenvalue weighted by atomic mass is 9.99. The highest BCUT2D eigenvalue weighted by molar-refractivity contribution is 8.00. The van der Waals surface area contributed by atoms with Gasteiger partial charge in [0.25, 0.3) is 0 Å². The van der Waals surface area contributed by atoms with Gasteiger partial charge in [0, 0.05) is 24.4 Å². The average molecular weight is 256 g/mol. The van der Waals surface area contributed by atoms with Crippen molar-refractivity contribution in [3.05, 3.63) is 0 Å². The molecule has 1 aliphatic rings. The number of alkyl halides is 3. The molecular formula is C10H19F3N2S.